The van der Waals surface area contributed by atoms with E-state index in [4.69, 9.17) is 9.47 Å². The van der Waals surface area contributed by atoms with E-state index in [9.17, 15) is 9.59 Å². The summed E-state index contributed by atoms with van der Waals surface area (Å²) in [5.74, 6) is -0.853. The van der Waals surface area contributed by atoms with E-state index in [1.54, 1.807) is 13.8 Å². The van der Waals surface area contributed by atoms with Crippen LogP contribution in [0.4, 0.5) is 0 Å². The molecule has 6 heteroatoms. The molecule has 0 N–H and O–H groups in total. The van der Waals surface area contributed by atoms with Crippen molar-refractivity contribution in [2.45, 2.75) is 25.9 Å². The number of benzene rings is 3. The Balaban J connectivity index is 2.46. The SMILES string of the molecule is CCOC(=O)CC(C(=O)OCC)P(Br)(c1ccccc1)(c1ccccc1)c1ccccc1. The monoisotopic (exact) mass is 514 g/mol. The van der Waals surface area contributed by atoms with Gasteiger partial charge in [0.05, 0.1) is 0 Å². The molecule has 0 spiro atoms. The molecule has 1 atom stereocenters. The molecule has 168 valence electrons. The van der Waals surface area contributed by atoms with Crippen LogP contribution in [-0.4, -0.2) is 30.8 Å². The van der Waals surface area contributed by atoms with Crippen molar-refractivity contribution in [1.82, 2.24) is 0 Å². The van der Waals surface area contributed by atoms with Gasteiger partial charge in [-0.05, 0) is 0 Å². The van der Waals surface area contributed by atoms with Crippen LogP contribution in [0.2, 0.25) is 0 Å². The number of hydrogen-bond acceptors (Lipinski definition) is 4. The van der Waals surface area contributed by atoms with E-state index in [1.807, 2.05) is 91.0 Å². The number of carbonyl (C=O) groups is 2. The van der Waals surface area contributed by atoms with E-state index in [0.717, 1.165) is 15.9 Å². The van der Waals surface area contributed by atoms with Crippen molar-refractivity contribution in [2.75, 3.05) is 13.2 Å². The Kier molecular flexibility index (Phi) is 7.86. The topological polar surface area (TPSA) is 52.6 Å². The first-order valence-electron chi connectivity index (χ1n) is 10.7. The Hall–Kier alpha value is -2.49. The van der Waals surface area contributed by atoms with Crippen molar-refractivity contribution in [3.8, 4) is 0 Å². The van der Waals surface area contributed by atoms with Crippen LogP contribution in [0.5, 0.6) is 0 Å². The normalized spacial score (nSPS) is 13.4. The van der Waals surface area contributed by atoms with Crippen molar-refractivity contribution < 1.29 is 19.1 Å². The maximum absolute atomic E-state index is 13.6. The molecule has 3 rings (SSSR count). The molecule has 0 saturated carbocycles. The molecule has 0 amide bonds. The van der Waals surface area contributed by atoms with Gasteiger partial charge in [-0.2, -0.15) is 0 Å². The molecular weight excluding hydrogens is 487 g/mol. The Morgan fingerprint density at radius 2 is 1.09 bits per heavy atom. The summed E-state index contributed by atoms with van der Waals surface area (Å²) in [6.45, 7) is 4.00. The number of esters is 2. The van der Waals surface area contributed by atoms with Crippen molar-refractivity contribution in [3.05, 3.63) is 91.0 Å². The summed E-state index contributed by atoms with van der Waals surface area (Å²) in [5, 5.41) is -0.907. The molecule has 4 nitrogen and oxygen atoms in total. The number of rotatable bonds is 9. The van der Waals surface area contributed by atoms with E-state index in [1.165, 1.54) is 0 Å². The molecular formula is C26H28BrO4P. The standard InChI is InChI=1S/C26H28BrO4P/c1-3-30-25(28)20-24(26(29)31-4-2)32(27,21-14-8-5-9-15-21,22-16-10-6-11-17-22)23-18-12-7-13-19-23/h5-19,24H,3-4,20H2,1-2H3. The second-order valence-electron chi connectivity index (χ2n) is 7.36. The second-order valence-corrected chi connectivity index (χ2v) is 16.1. The van der Waals surface area contributed by atoms with Crippen LogP contribution in [0.25, 0.3) is 0 Å². The van der Waals surface area contributed by atoms with Gasteiger partial charge in [-0.25, -0.2) is 0 Å². The summed E-state index contributed by atoms with van der Waals surface area (Å²) in [6, 6.07) is 29.7. The molecule has 0 aromatic heterocycles. The van der Waals surface area contributed by atoms with Crippen molar-refractivity contribution in [2.24, 2.45) is 0 Å². The van der Waals surface area contributed by atoms with Crippen molar-refractivity contribution in [1.29, 1.82) is 0 Å². The molecule has 0 aliphatic rings. The number of hydrogen-bond donors (Lipinski definition) is 0. The molecule has 0 heterocycles. The van der Waals surface area contributed by atoms with Gasteiger partial charge in [0.1, 0.15) is 0 Å². The van der Waals surface area contributed by atoms with Crippen LogP contribution in [-0.2, 0) is 19.1 Å². The van der Waals surface area contributed by atoms with Crippen LogP contribution in [0, 0.1) is 0 Å². The van der Waals surface area contributed by atoms with Gasteiger partial charge in [-0.1, -0.05) is 0 Å². The van der Waals surface area contributed by atoms with E-state index in [0.29, 0.717) is 0 Å². The van der Waals surface area contributed by atoms with Crippen LogP contribution in [0.15, 0.2) is 91.0 Å². The van der Waals surface area contributed by atoms with E-state index < -0.39 is 22.9 Å². The third-order valence-electron chi connectivity index (χ3n) is 5.59. The summed E-state index contributed by atoms with van der Waals surface area (Å²) < 4.78 is 10.9. The van der Waals surface area contributed by atoms with Gasteiger partial charge in [0, 0.05) is 0 Å². The second kappa shape index (κ2) is 10.4. The molecule has 0 aliphatic carbocycles. The van der Waals surface area contributed by atoms with Gasteiger partial charge in [0.2, 0.25) is 0 Å². The molecule has 0 saturated heterocycles. The zero-order valence-corrected chi connectivity index (χ0v) is 20.8. The summed E-state index contributed by atoms with van der Waals surface area (Å²) in [6.07, 6.45) is -0.103. The molecule has 1 unspecified atom stereocenters. The molecule has 0 radical (unpaired) electrons. The Morgan fingerprint density at radius 1 is 0.719 bits per heavy atom. The fourth-order valence-corrected chi connectivity index (χ4v) is 12.5. The summed E-state index contributed by atoms with van der Waals surface area (Å²) in [5.41, 5.74) is -0.813. The average Bonchev–Trinajstić information content (AvgIpc) is 2.84. The summed E-state index contributed by atoms with van der Waals surface area (Å²) >= 11 is 4.26. The number of halogens is 1. The van der Waals surface area contributed by atoms with Gasteiger partial charge < -0.3 is 0 Å². The Bertz CT molecular complexity index is 942. The number of ether oxygens (including phenoxy) is 2. The van der Waals surface area contributed by atoms with Gasteiger partial charge in [-0.15, -0.1) is 0 Å². The van der Waals surface area contributed by atoms with Crippen LogP contribution in [0.3, 0.4) is 0 Å². The predicted molar refractivity (Wildman–Crippen MR) is 136 cm³/mol. The zero-order valence-electron chi connectivity index (χ0n) is 18.3. The van der Waals surface area contributed by atoms with Crippen molar-refractivity contribution >= 4 is 48.6 Å². The van der Waals surface area contributed by atoms with Crippen LogP contribution in [0.1, 0.15) is 20.3 Å². The average molecular weight is 515 g/mol. The summed E-state index contributed by atoms with van der Waals surface area (Å²) in [4.78, 5) is 26.4. The minimum atomic E-state index is -3.74. The molecule has 0 fully saturated rings. The van der Waals surface area contributed by atoms with Gasteiger partial charge >= 0.3 is 198 Å². The van der Waals surface area contributed by atoms with Crippen LogP contribution < -0.4 is 15.9 Å². The van der Waals surface area contributed by atoms with E-state index in [2.05, 4.69) is 15.5 Å². The molecule has 3 aromatic carbocycles. The van der Waals surface area contributed by atoms with Crippen molar-refractivity contribution in [3.63, 3.8) is 0 Å². The first-order valence-corrected chi connectivity index (χ1v) is 15.0. The van der Waals surface area contributed by atoms with Crippen LogP contribution >= 0.6 is 20.8 Å². The third kappa shape index (κ3) is 4.24. The Labute approximate surface area is 197 Å². The predicted octanol–water partition coefficient (Wildman–Crippen LogP) is 4.71. The molecule has 32 heavy (non-hydrogen) atoms. The first-order chi connectivity index (χ1) is 15.5. The molecule has 0 bridgehead atoms. The van der Waals surface area contributed by atoms with E-state index in [-0.39, 0.29) is 19.6 Å². The fraction of sp³-hybridized carbons (Fsp3) is 0.231. The third-order valence-corrected chi connectivity index (χ3v) is 16.2. The maximum atomic E-state index is 13.6. The Morgan fingerprint density at radius 3 is 1.44 bits per heavy atom. The van der Waals surface area contributed by atoms with E-state index >= 15 is 0 Å². The first kappa shape index (κ1) is 24.2. The summed E-state index contributed by atoms with van der Waals surface area (Å²) in [7, 11) is 0. The zero-order chi connectivity index (χ0) is 23.1. The quantitative estimate of drug-likeness (QED) is 0.306. The molecule has 3 aromatic rings. The fourth-order valence-electron chi connectivity index (χ4n) is 4.21. The molecule has 0 aliphatic heterocycles. The minimum absolute atomic E-state index is 0.103. The number of carbonyl (C=O) groups excluding carboxylic acids is 2. The van der Waals surface area contributed by atoms with Gasteiger partial charge in [0.25, 0.3) is 0 Å². The van der Waals surface area contributed by atoms with Gasteiger partial charge in [0.15, 0.2) is 0 Å². The van der Waals surface area contributed by atoms with Gasteiger partial charge in [-0.3, -0.25) is 0 Å².